The molecule has 33 heavy (non-hydrogen) atoms. The molecule has 162 valence electrons. The summed E-state index contributed by atoms with van der Waals surface area (Å²) >= 11 is 0. The first kappa shape index (κ1) is 19.2. The number of aromatic nitrogens is 3. The molecular weight excluding hydrogens is 418 g/mol. The molecule has 1 aromatic heterocycles. The second-order valence-corrected chi connectivity index (χ2v) is 8.14. The normalized spacial score (nSPS) is 18.5. The molecule has 8 heteroatoms. The Morgan fingerprint density at radius 1 is 1.03 bits per heavy atom. The smallest absolute Gasteiger partial charge is 0.269 e. The highest BCUT2D eigenvalue weighted by atomic mass is 16.6. The van der Waals surface area contributed by atoms with Crippen LogP contribution in [0.1, 0.15) is 34.4 Å². The minimum absolute atomic E-state index is 0.0224. The van der Waals surface area contributed by atoms with Gasteiger partial charge < -0.3 is 10.1 Å². The Hall–Kier alpha value is -4.46. The van der Waals surface area contributed by atoms with Gasteiger partial charge in [0.2, 0.25) is 5.95 Å². The molecule has 0 spiro atoms. The average molecular weight is 437 g/mol. The molecule has 0 bridgehead atoms. The Labute approximate surface area is 189 Å². The molecule has 3 heterocycles. The van der Waals surface area contributed by atoms with E-state index in [1.165, 1.54) is 12.4 Å². The highest BCUT2D eigenvalue weighted by molar-refractivity contribution is 5.85. The Bertz CT molecular complexity index is 1420. The third kappa shape index (κ3) is 3.07. The van der Waals surface area contributed by atoms with E-state index in [0.29, 0.717) is 17.3 Å². The lowest BCUT2D eigenvalue weighted by atomic mass is 9.84. The number of non-ortho nitro benzene ring substituents is 1. The first-order valence-electron chi connectivity index (χ1n) is 10.6. The number of nitrogens with one attached hydrogen (secondary N) is 1. The number of fused-ring (bicyclic) bond motifs is 3. The molecule has 0 unspecified atom stereocenters. The second kappa shape index (κ2) is 7.30. The first-order chi connectivity index (χ1) is 16.1. The monoisotopic (exact) mass is 437 g/mol. The quantitative estimate of drug-likeness (QED) is 0.356. The van der Waals surface area contributed by atoms with Crippen molar-refractivity contribution in [3.63, 3.8) is 0 Å². The van der Waals surface area contributed by atoms with E-state index in [-0.39, 0.29) is 16.7 Å². The molecule has 4 aromatic rings. The van der Waals surface area contributed by atoms with Gasteiger partial charge in [-0.05, 0) is 24.6 Å². The van der Waals surface area contributed by atoms with Crippen LogP contribution < -0.4 is 10.1 Å². The zero-order chi connectivity index (χ0) is 22.5. The van der Waals surface area contributed by atoms with Crippen LogP contribution in [0.5, 0.6) is 5.75 Å². The van der Waals surface area contributed by atoms with Gasteiger partial charge in [0.25, 0.3) is 5.69 Å². The summed E-state index contributed by atoms with van der Waals surface area (Å²) in [5.41, 5.74) is 5.64. The zero-order valence-corrected chi connectivity index (χ0v) is 17.7. The van der Waals surface area contributed by atoms with Gasteiger partial charge in [-0.3, -0.25) is 10.1 Å². The van der Waals surface area contributed by atoms with E-state index in [1.54, 1.807) is 12.1 Å². The van der Waals surface area contributed by atoms with Crippen LogP contribution in [0.4, 0.5) is 11.6 Å². The molecule has 0 aliphatic carbocycles. The summed E-state index contributed by atoms with van der Waals surface area (Å²) in [6.07, 6.45) is 0.975. The number of benzene rings is 3. The molecule has 0 saturated heterocycles. The van der Waals surface area contributed by atoms with Crippen LogP contribution in [-0.4, -0.2) is 19.7 Å². The Balaban J connectivity index is 1.62. The minimum atomic E-state index is -0.550. The minimum Gasteiger partial charge on any atom is -0.480 e. The van der Waals surface area contributed by atoms with Crippen molar-refractivity contribution >= 4 is 17.3 Å². The first-order valence-corrected chi connectivity index (χ1v) is 10.6. The maximum absolute atomic E-state index is 11.5. The number of hydrogen-bond acceptors (Lipinski definition) is 6. The summed E-state index contributed by atoms with van der Waals surface area (Å²) < 4.78 is 8.35. The lowest BCUT2D eigenvalue weighted by Crippen LogP contribution is -2.32. The van der Waals surface area contributed by atoms with E-state index in [9.17, 15) is 10.1 Å². The largest absolute Gasteiger partial charge is 0.480 e. The van der Waals surface area contributed by atoms with Crippen LogP contribution in [0.25, 0.3) is 5.70 Å². The van der Waals surface area contributed by atoms with E-state index in [2.05, 4.69) is 39.7 Å². The molecule has 0 fully saturated rings. The predicted molar refractivity (Wildman–Crippen MR) is 123 cm³/mol. The molecule has 3 aromatic carbocycles. The summed E-state index contributed by atoms with van der Waals surface area (Å²) in [5, 5.41) is 19.4. The SMILES string of the molecule is Cc1ccc([C@@H]2C3=C(Nc4ncnn42)c2ccccc2O[C@@H]3c2cccc([N+](=O)[O-])c2)cc1. The van der Waals surface area contributed by atoms with Crippen molar-refractivity contribution in [3.8, 4) is 5.75 Å². The van der Waals surface area contributed by atoms with Crippen molar-refractivity contribution < 1.29 is 9.66 Å². The van der Waals surface area contributed by atoms with Crippen molar-refractivity contribution in [2.24, 2.45) is 0 Å². The van der Waals surface area contributed by atoms with Gasteiger partial charge >= 0.3 is 0 Å². The number of hydrogen-bond donors (Lipinski definition) is 1. The van der Waals surface area contributed by atoms with Gasteiger partial charge in [0.15, 0.2) is 0 Å². The summed E-state index contributed by atoms with van der Waals surface area (Å²) in [6.45, 7) is 2.05. The van der Waals surface area contributed by atoms with Crippen LogP contribution in [0.3, 0.4) is 0 Å². The number of para-hydroxylation sites is 1. The fourth-order valence-electron chi connectivity index (χ4n) is 4.56. The number of ether oxygens (including phenoxy) is 1. The molecule has 2 aliphatic heterocycles. The number of nitro groups is 1. The number of anilines is 1. The molecule has 2 atom stereocenters. The Morgan fingerprint density at radius 3 is 2.67 bits per heavy atom. The van der Waals surface area contributed by atoms with Crippen LogP contribution in [0, 0.1) is 17.0 Å². The predicted octanol–water partition coefficient (Wildman–Crippen LogP) is 5.05. The van der Waals surface area contributed by atoms with E-state index in [4.69, 9.17) is 4.74 Å². The molecule has 0 saturated carbocycles. The number of rotatable bonds is 3. The van der Waals surface area contributed by atoms with Gasteiger partial charge in [-0.2, -0.15) is 10.1 Å². The van der Waals surface area contributed by atoms with Crippen molar-refractivity contribution in [2.75, 3.05) is 5.32 Å². The van der Waals surface area contributed by atoms with E-state index < -0.39 is 6.10 Å². The maximum Gasteiger partial charge on any atom is 0.269 e. The Morgan fingerprint density at radius 2 is 1.85 bits per heavy atom. The topological polar surface area (TPSA) is 95.1 Å². The van der Waals surface area contributed by atoms with Crippen molar-refractivity contribution in [2.45, 2.75) is 19.1 Å². The van der Waals surface area contributed by atoms with Gasteiger partial charge in [-0.1, -0.05) is 54.1 Å². The van der Waals surface area contributed by atoms with Crippen molar-refractivity contribution in [1.82, 2.24) is 14.8 Å². The molecular formula is C25H19N5O3. The van der Waals surface area contributed by atoms with Gasteiger partial charge in [-0.15, -0.1) is 0 Å². The van der Waals surface area contributed by atoms with Gasteiger partial charge in [0.1, 0.15) is 24.2 Å². The summed E-state index contributed by atoms with van der Waals surface area (Å²) in [6, 6.07) is 22.4. The fourth-order valence-corrected chi connectivity index (χ4v) is 4.56. The summed E-state index contributed by atoms with van der Waals surface area (Å²) in [7, 11) is 0. The second-order valence-electron chi connectivity index (χ2n) is 8.14. The highest BCUT2D eigenvalue weighted by Crippen LogP contribution is 2.50. The van der Waals surface area contributed by atoms with Crippen molar-refractivity contribution in [3.05, 3.63) is 117 Å². The molecule has 0 amide bonds. The molecule has 1 N–H and O–H groups in total. The van der Waals surface area contributed by atoms with Gasteiger partial charge in [-0.25, -0.2) is 4.68 Å². The van der Waals surface area contributed by atoms with E-state index >= 15 is 0 Å². The third-order valence-corrected chi connectivity index (χ3v) is 6.10. The third-order valence-electron chi connectivity index (χ3n) is 6.10. The average Bonchev–Trinajstić information content (AvgIpc) is 3.31. The Kier molecular flexibility index (Phi) is 4.26. The van der Waals surface area contributed by atoms with E-state index in [1.807, 2.05) is 41.9 Å². The summed E-state index contributed by atoms with van der Waals surface area (Å²) in [5.74, 6) is 1.34. The zero-order valence-electron chi connectivity index (χ0n) is 17.7. The molecule has 8 nitrogen and oxygen atoms in total. The standard InChI is InChI=1S/C25H19N5O3/c1-15-9-11-16(12-10-15)23-21-22(28-25-26-14-27-29(23)25)19-7-2-3-8-20(19)33-24(21)17-5-4-6-18(13-17)30(31)32/h2-14,23-24H,1H3,(H,26,27,28)/t23-,24-/m1/s1. The lowest BCUT2D eigenvalue weighted by Gasteiger charge is -2.38. The van der Waals surface area contributed by atoms with Gasteiger partial charge in [0.05, 0.1) is 10.6 Å². The highest BCUT2D eigenvalue weighted by Gasteiger charge is 2.41. The van der Waals surface area contributed by atoms with Crippen LogP contribution >= 0.6 is 0 Å². The number of nitro benzene ring substituents is 1. The van der Waals surface area contributed by atoms with Crippen LogP contribution in [0.2, 0.25) is 0 Å². The van der Waals surface area contributed by atoms with Gasteiger partial charge in [0, 0.05) is 28.8 Å². The van der Waals surface area contributed by atoms with Crippen LogP contribution in [0.15, 0.2) is 84.7 Å². The number of aryl methyl sites for hydroxylation is 1. The maximum atomic E-state index is 11.5. The fraction of sp³-hybridized carbons (Fsp3) is 0.120. The summed E-state index contributed by atoms with van der Waals surface area (Å²) in [4.78, 5) is 15.5. The molecule has 6 rings (SSSR count). The van der Waals surface area contributed by atoms with Crippen molar-refractivity contribution in [1.29, 1.82) is 0 Å². The van der Waals surface area contributed by atoms with E-state index in [0.717, 1.165) is 28.0 Å². The molecule has 2 aliphatic rings. The number of nitrogens with zero attached hydrogens (tertiary/aromatic N) is 4. The van der Waals surface area contributed by atoms with Crippen LogP contribution in [-0.2, 0) is 0 Å². The lowest BCUT2D eigenvalue weighted by molar-refractivity contribution is -0.385. The molecule has 0 radical (unpaired) electrons.